The number of pyridine rings is 1. The molecular weight excluding hydrogens is 280 g/mol. The van der Waals surface area contributed by atoms with E-state index in [0.717, 1.165) is 25.3 Å². The van der Waals surface area contributed by atoms with Crippen molar-refractivity contribution >= 4 is 11.6 Å². The fourth-order valence-corrected chi connectivity index (χ4v) is 3.12. The van der Waals surface area contributed by atoms with E-state index in [-0.39, 0.29) is 5.97 Å². The second-order valence-corrected chi connectivity index (χ2v) is 6.12. The number of piperidine rings is 1. The van der Waals surface area contributed by atoms with E-state index in [1.807, 2.05) is 10.6 Å². The molecule has 22 heavy (non-hydrogen) atoms. The van der Waals surface area contributed by atoms with Crippen LogP contribution in [0.3, 0.4) is 0 Å². The van der Waals surface area contributed by atoms with Crippen LogP contribution in [-0.2, 0) is 4.74 Å². The molecule has 6 nitrogen and oxygen atoms in total. The standard InChI is InChI=1S/C16H22N4O2/c1-11(2)19-7-4-5-13(10-19)15-18-17-14-9-12(16(21)22-3)6-8-20(14)15/h6,8-9,11,13H,4-5,7,10H2,1-3H3. The zero-order chi connectivity index (χ0) is 15.7. The summed E-state index contributed by atoms with van der Waals surface area (Å²) in [6.45, 7) is 6.62. The van der Waals surface area contributed by atoms with Crippen LogP contribution < -0.4 is 0 Å². The largest absolute Gasteiger partial charge is 0.465 e. The second-order valence-electron chi connectivity index (χ2n) is 6.12. The van der Waals surface area contributed by atoms with E-state index in [2.05, 4.69) is 28.9 Å². The molecule has 0 radical (unpaired) electrons. The first-order valence-corrected chi connectivity index (χ1v) is 7.77. The number of hydrogen-bond acceptors (Lipinski definition) is 5. The zero-order valence-electron chi connectivity index (χ0n) is 13.3. The van der Waals surface area contributed by atoms with Crippen LogP contribution in [0.2, 0.25) is 0 Å². The van der Waals surface area contributed by atoms with Crippen molar-refractivity contribution in [1.29, 1.82) is 0 Å². The number of fused-ring (bicyclic) bond motifs is 1. The molecule has 1 aliphatic rings. The lowest BCUT2D eigenvalue weighted by molar-refractivity contribution is 0.0600. The lowest BCUT2D eigenvalue weighted by Crippen LogP contribution is -2.39. The van der Waals surface area contributed by atoms with E-state index in [9.17, 15) is 4.79 Å². The minimum atomic E-state index is -0.351. The third kappa shape index (κ3) is 2.70. The maximum Gasteiger partial charge on any atom is 0.338 e. The SMILES string of the molecule is COC(=O)c1ccn2c(C3CCCN(C(C)C)C3)nnc2c1. The van der Waals surface area contributed by atoms with Gasteiger partial charge in [0.05, 0.1) is 12.7 Å². The molecule has 0 saturated carbocycles. The molecule has 1 aliphatic heterocycles. The maximum absolute atomic E-state index is 11.6. The summed E-state index contributed by atoms with van der Waals surface area (Å²) in [4.78, 5) is 14.1. The van der Waals surface area contributed by atoms with Crippen molar-refractivity contribution in [2.24, 2.45) is 0 Å². The maximum atomic E-state index is 11.6. The summed E-state index contributed by atoms with van der Waals surface area (Å²) in [5, 5.41) is 8.60. The molecule has 1 saturated heterocycles. The molecule has 2 aromatic rings. The van der Waals surface area contributed by atoms with Gasteiger partial charge in [-0.25, -0.2) is 4.79 Å². The fourth-order valence-electron chi connectivity index (χ4n) is 3.12. The molecule has 6 heteroatoms. The minimum absolute atomic E-state index is 0.351. The highest BCUT2D eigenvalue weighted by Gasteiger charge is 2.26. The van der Waals surface area contributed by atoms with Crippen LogP contribution in [-0.4, -0.2) is 51.7 Å². The van der Waals surface area contributed by atoms with Crippen molar-refractivity contribution in [1.82, 2.24) is 19.5 Å². The molecule has 3 heterocycles. The summed E-state index contributed by atoms with van der Waals surface area (Å²) >= 11 is 0. The highest BCUT2D eigenvalue weighted by molar-refractivity contribution is 5.90. The number of hydrogen-bond donors (Lipinski definition) is 0. The van der Waals surface area contributed by atoms with Crippen LogP contribution in [0.15, 0.2) is 18.3 Å². The number of ether oxygens (including phenoxy) is 1. The van der Waals surface area contributed by atoms with E-state index >= 15 is 0 Å². The number of nitrogens with zero attached hydrogens (tertiary/aromatic N) is 4. The molecule has 1 atom stereocenters. The Hall–Kier alpha value is -1.95. The summed E-state index contributed by atoms with van der Waals surface area (Å²) in [6.07, 6.45) is 4.17. The monoisotopic (exact) mass is 302 g/mol. The molecule has 0 aromatic carbocycles. The van der Waals surface area contributed by atoms with E-state index in [1.165, 1.54) is 13.5 Å². The van der Waals surface area contributed by atoms with Gasteiger partial charge in [0.25, 0.3) is 0 Å². The van der Waals surface area contributed by atoms with Crippen molar-refractivity contribution in [3.8, 4) is 0 Å². The predicted molar refractivity (Wildman–Crippen MR) is 83.0 cm³/mol. The summed E-state index contributed by atoms with van der Waals surface area (Å²) in [7, 11) is 1.38. The van der Waals surface area contributed by atoms with Gasteiger partial charge in [-0.1, -0.05) is 0 Å². The Morgan fingerprint density at radius 2 is 2.23 bits per heavy atom. The molecule has 0 amide bonds. The number of methoxy groups -OCH3 is 1. The van der Waals surface area contributed by atoms with Gasteiger partial charge in [0.1, 0.15) is 5.82 Å². The first-order chi connectivity index (χ1) is 10.6. The Bertz CT molecular complexity index is 680. The first kappa shape index (κ1) is 15.0. The van der Waals surface area contributed by atoms with Crippen LogP contribution in [0.4, 0.5) is 0 Å². The lowest BCUT2D eigenvalue weighted by atomic mass is 9.96. The lowest BCUT2D eigenvalue weighted by Gasteiger charge is -2.34. The van der Waals surface area contributed by atoms with Gasteiger partial charge in [0.2, 0.25) is 0 Å². The van der Waals surface area contributed by atoms with Crippen molar-refractivity contribution in [2.75, 3.05) is 20.2 Å². The number of carbonyl (C=O) groups excluding carboxylic acids is 1. The van der Waals surface area contributed by atoms with Gasteiger partial charge >= 0.3 is 5.97 Å². The van der Waals surface area contributed by atoms with Gasteiger partial charge < -0.3 is 9.64 Å². The van der Waals surface area contributed by atoms with E-state index < -0.39 is 0 Å². The molecule has 0 aliphatic carbocycles. The van der Waals surface area contributed by atoms with E-state index in [1.54, 1.807) is 12.1 Å². The molecule has 2 aromatic heterocycles. The molecule has 0 bridgehead atoms. The van der Waals surface area contributed by atoms with Crippen LogP contribution in [0.25, 0.3) is 5.65 Å². The predicted octanol–water partition coefficient (Wildman–Crippen LogP) is 2.10. The molecule has 118 valence electrons. The topological polar surface area (TPSA) is 59.7 Å². The van der Waals surface area contributed by atoms with E-state index in [0.29, 0.717) is 23.2 Å². The number of carbonyl (C=O) groups is 1. The molecule has 1 fully saturated rings. The van der Waals surface area contributed by atoms with Gasteiger partial charge in [-0.3, -0.25) is 4.40 Å². The van der Waals surface area contributed by atoms with Crippen molar-refractivity contribution in [3.63, 3.8) is 0 Å². The molecule has 1 unspecified atom stereocenters. The summed E-state index contributed by atoms with van der Waals surface area (Å²) in [5.74, 6) is 1.02. The number of aromatic nitrogens is 3. The highest BCUT2D eigenvalue weighted by atomic mass is 16.5. The van der Waals surface area contributed by atoms with Crippen LogP contribution >= 0.6 is 0 Å². The summed E-state index contributed by atoms with van der Waals surface area (Å²) in [5.41, 5.74) is 1.20. The quantitative estimate of drug-likeness (QED) is 0.813. The average molecular weight is 302 g/mol. The average Bonchev–Trinajstić information content (AvgIpc) is 2.97. The Kier molecular flexibility index (Phi) is 4.11. The smallest absolute Gasteiger partial charge is 0.338 e. The number of esters is 1. The summed E-state index contributed by atoms with van der Waals surface area (Å²) in [6, 6.07) is 4.04. The Morgan fingerprint density at radius 3 is 2.95 bits per heavy atom. The normalized spacial score (nSPS) is 19.7. The van der Waals surface area contributed by atoms with Crippen molar-refractivity contribution in [2.45, 2.75) is 38.6 Å². The van der Waals surface area contributed by atoms with E-state index in [4.69, 9.17) is 4.74 Å². The van der Waals surface area contributed by atoms with Crippen LogP contribution in [0, 0.1) is 0 Å². The summed E-state index contributed by atoms with van der Waals surface area (Å²) < 4.78 is 6.73. The highest BCUT2D eigenvalue weighted by Crippen LogP contribution is 2.27. The Balaban J connectivity index is 1.90. The minimum Gasteiger partial charge on any atom is -0.465 e. The van der Waals surface area contributed by atoms with Gasteiger partial charge in [0.15, 0.2) is 5.65 Å². The van der Waals surface area contributed by atoms with Gasteiger partial charge in [-0.05, 0) is 45.4 Å². The third-order valence-corrected chi connectivity index (χ3v) is 4.41. The second kappa shape index (κ2) is 6.04. The molecule has 3 rings (SSSR count). The molecular formula is C16H22N4O2. The van der Waals surface area contributed by atoms with Gasteiger partial charge in [-0.2, -0.15) is 0 Å². The van der Waals surface area contributed by atoms with Crippen LogP contribution in [0.5, 0.6) is 0 Å². The first-order valence-electron chi connectivity index (χ1n) is 7.77. The van der Waals surface area contributed by atoms with Crippen molar-refractivity contribution < 1.29 is 9.53 Å². The van der Waals surface area contributed by atoms with Gasteiger partial charge in [0, 0.05) is 24.7 Å². The third-order valence-electron chi connectivity index (χ3n) is 4.41. The molecule has 0 spiro atoms. The van der Waals surface area contributed by atoms with Gasteiger partial charge in [-0.15, -0.1) is 10.2 Å². The zero-order valence-corrected chi connectivity index (χ0v) is 13.3. The van der Waals surface area contributed by atoms with Crippen molar-refractivity contribution in [3.05, 3.63) is 29.7 Å². The number of likely N-dealkylation sites (tertiary alicyclic amines) is 1. The van der Waals surface area contributed by atoms with Crippen LogP contribution in [0.1, 0.15) is 48.8 Å². The fraction of sp³-hybridized carbons (Fsp3) is 0.562. The Labute approximate surface area is 130 Å². The number of rotatable bonds is 3. The molecule has 0 N–H and O–H groups in total. The Morgan fingerprint density at radius 1 is 1.41 bits per heavy atom.